The number of unbranched alkanes of at least 4 members (excludes halogenated alkanes) is 33. The molecule has 0 saturated carbocycles. The molecule has 77 heavy (non-hydrogen) atoms. The van der Waals surface area contributed by atoms with E-state index in [1.54, 1.807) is 6.08 Å². The van der Waals surface area contributed by atoms with Crippen molar-refractivity contribution in [3.63, 3.8) is 0 Å². The highest BCUT2D eigenvalue weighted by molar-refractivity contribution is 5.76. The predicted octanol–water partition coefficient (Wildman–Crippen LogP) is 15.4. The number of esters is 1. The number of carbonyl (C=O) groups is 2. The molecule has 1 heterocycles. The van der Waals surface area contributed by atoms with Crippen molar-refractivity contribution in [2.75, 3.05) is 19.8 Å². The molecule has 11 nitrogen and oxygen atoms in total. The average Bonchev–Trinajstić information content (AvgIpc) is 3.43. The molecule has 0 aliphatic carbocycles. The van der Waals surface area contributed by atoms with Gasteiger partial charge in [-0.3, -0.25) is 9.59 Å². The Balaban J connectivity index is 1.99. The molecule has 0 aromatic rings. The molecule has 6 N–H and O–H groups in total. The number of aliphatic hydroxyl groups is 5. The lowest BCUT2D eigenvalue weighted by atomic mass is 9.99. The number of carbonyl (C=O) groups excluding carboxylic acids is 2. The molecule has 0 aromatic carbocycles. The van der Waals surface area contributed by atoms with E-state index in [-0.39, 0.29) is 18.5 Å². The van der Waals surface area contributed by atoms with Crippen molar-refractivity contribution >= 4 is 11.9 Å². The van der Waals surface area contributed by atoms with Gasteiger partial charge in [0, 0.05) is 12.8 Å². The zero-order valence-corrected chi connectivity index (χ0v) is 49.4. The number of hydrogen-bond donors (Lipinski definition) is 6. The molecule has 0 aromatic heterocycles. The maximum Gasteiger partial charge on any atom is 0.305 e. The topological polar surface area (TPSA) is 175 Å². The first-order chi connectivity index (χ1) is 37.7. The van der Waals surface area contributed by atoms with Crippen LogP contribution in [0.3, 0.4) is 0 Å². The van der Waals surface area contributed by atoms with Gasteiger partial charge in [0.2, 0.25) is 5.91 Å². The lowest BCUT2D eigenvalue weighted by molar-refractivity contribution is -0.302. The second-order valence-electron chi connectivity index (χ2n) is 22.1. The van der Waals surface area contributed by atoms with Crippen LogP contribution in [0.1, 0.15) is 284 Å². The lowest BCUT2D eigenvalue weighted by Crippen LogP contribution is -2.60. The van der Waals surface area contributed by atoms with Crippen LogP contribution in [0.5, 0.6) is 0 Å². The fourth-order valence-electron chi connectivity index (χ4n) is 9.71. The fraction of sp³-hybridized carbons (Fsp3) is 0.818. The van der Waals surface area contributed by atoms with E-state index in [0.717, 1.165) is 77.0 Å². The first-order valence-electron chi connectivity index (χ1n) is 32.1. The van der Waals surface area contributed by atoms with Crippen LogP contribution in [0.4, 0.5) is 0 Å². The number of amides is 1. The summed E-state index contributed by atoms with van der Waals surface area (Å²) in [5.41, 5.74) is 0. The molecule has 1 aliphatic rings. The van der Waals surface area contributed by atoms with Crippen molar-refractivity contribution in [3.05, 3.63) is 60.8 Å². The van der Waals surface area contributed by atoms with E-state index in [1.165, 1.54) is 180 Å². The summed E-state index contributed by atoms with van der Waals surface area (Å²) < 4.78 is 16.7. The number of rotatable bonds is 55. The lowest BCUT2D eigenvalue weighted by Gasteiger charge is -2.40. The van der Waals surface area contributed by atoms with Crippen molar-refractivity contribution in [2.24, 2.45) is 0 Å². The predicted molar refractivity (Wildman–Crippen MR) is 320 cm³/mol. The molecule has 0 spiro atoms. The van der Waals surface area contributed by atoms with E-state index < -0.39 is 49.5 Å². The third-order valence-corrected chi connectivity index (χ3v) is 14.8. The van der Waals surface area contributed by atoms with E-state index in [0.29, 0.717) is 19.4 Å². The first kappa shape index (κ1) is 72.4. The third kappa shape index (κ3) is 44.8. The highest BCUT2D eigenvalue weighted by atomic mass is 16.7. The SMILES string of the molecule is CCCCC/C=C/CC/C=C/C(O)C(COC1OC(CO)C(O)C(O)C1O)NC(=O)CCCCCCCCCCCCC/C=C\C/C=C\CCCCCCCCCCCOC(=O)CCCCCCC/C=C\CCCCCC. The van der Waals surface area contributed by atoms with E-state index in [1.807, 2.05) is 6.08 Å². The highest BCUT2D eigenvalue weighted by Crippen LogP contribution is 2.23. The van der Waals surface area contributed by atoms with Gasteiger partial charge in [-0.1, -0.05) is 229 Å². The number of allylic oxidation sites excluding steroid dienone is 9. The minimum atomic E-state index is -1.58. The Hall–Kier alpha value is -2.64. The Bertz CT molecular complexity index is 1460. The van der Waals surface area contributed by atoms with Crippen molar-refractivity contribution in [1.29, 1.82) is 0 Å². The van der Waals surface area contributed by atoms with Crippen LogP contribution in [0, 0.1) is 0 Å². The molecule has 1 saturated heterocycles. The van der Waals surface area contributed by atoms with Gasteiger partial charge in [-0.25, -0.2) is 0 Å². The van der Waals surface area contributed by atoms with E-state index in [9.17, 15) is 35.1 Å². The molecule has 1 amide bonds. The van der Waals surface area contributed by atoms with Gasteiger partial charge < -0.3 is 45.1 Å². The molecular weight excluding hydrogens is 967 g/mol. The number of aliphatic hydroxyl groups excluding tert-OH is 5. The van der Waals surface area contributed by atoms with Gasteiger partial charge >= 0.3 is 5.97 Å². The quantitative estimate of drug-likeness (QED) is 0.0195. The minimum absolute atomic E-state index is 0.00922. The van der Waals surface area contributed by atoms with Gasteiger partial charge in [-0.2, -0.15) is 0 Å². The van der Waals surface area contributed by atoms with Crippen LogP contribution < -0.4 is 5.32 Å². The summed E-state index contributed by atoms with van der Waals surface area (Å²) in [5, 5.41) is 54.2. The monoisotopic (exact) mass is 1090 g/mol. The molecule has 1 fully saturated rings. The van der Waals surface area contributed by atoms with Gasteiger partial charge in [0.05, 0.1) is 32.0 Å². The normalized spacial score (nSPS) is 19.0. The second kappa shape index (κ2) is 55.3. The summed E-state index contributed by atoms with van der Waals surface area (Å²) in [7, 11) is 0. The standard InChI is InChI=1S/C66H119NO10/c1-3-5-7-9-11-13-14-30-34-38-42-46-50-54-62(71)75-55-51-47-43-39-35-32-29-27-25-23-21-19-17-15-16-18-20-22-24-26-28-31-33-37-41-45-49-53-61(70)67-58(59(69)52-48-44-40-36-12-10-8-6-4-2)57-76-66-65(74)64(73)63(72)60(56-68)77-66/h12-16,19,21,36,48,52,58-60,63-66,68-69,72-74H,3-11,17-18,20,22-35,37-47,49-51,53-57H2,1-2H3,(H,67,70)/b14-13-,16-15-,21-19-,36-12+,52-48+. The summed E-state index contributed by atoms with van der Waals surface area (Å²) in [6.45, 7) is 4.25. The van der Waals surface area contributed by atoms with E-state index in [4.69, 9.17) is 14.2 Å². The molecule has 448 valence electrons. The Labute approximate surface area is 471 Å². The fourth-order valence-corrected chi connectivity index (χ4v) is 9.71. The molecule has 1 aliphatic heterocycles. The number of nitrogens with one attached hydrogen (secondary N) is 1. The van der Waals surface area contributed by atoms with Crippen LogP contribution in [-0.2, 0) is 23.8 Å². The molecular formula is C66H119NO10. The van der Waals surface area contributed by atoms with E-state index >= 15 is 0 Å². The summed E-state index contributed by atoms with van der Waals surface area (Å²) in [4.78, 5) is 25.0. The molecule has 0 bridgehead atoms. The molecule has 1 rings (SSSR count). The molecule has 0 radical (unpaired) electrons. The highest BCUT2D eigenvalue weighted by Gasteiger charge is 2.44. The Morgan fingerprint density at radius 1 is 0.481 bits per heavy atom. The van der Waals surface area contributed by atoms with Crippen LogP contribution in [0.2, 0.25) is 0 Å². The largest absolute Gasteiger partial charge is 0.466 e. The van der Waals surface area contributed by atoms with Crippen molar-refractivity contribution < 1.29 is 49.3 Å². The first-order valence-corrected chi connectivity index (χ1v) is 32.1. The summed E-state index contributed by atoms with van der Waals surface area (Å²) in [6.07, 6.45) is 62.1. The smallest absolute Gasteiger partial charge is 0.305 e. The zero-order chi connectivity index (χ0) is 55.9. The van der Waals surface area contributed by atoms with Crippen LogP contribution in [0.15, 0.2) is 60.8 Å². The summed E-state index contributed by atoms with van der Waals surface area (Å²) in [5.74, 6) is -0.207. The van der Waals surface area contributed by atoms with Crippen LogP contribution in [-0.4, -0.2) is 100 Å². The zero-order valence-electron chi connectivity index (χ0n) is 49.4. The number of hydrogen-bond acceptors (Lipinski definition) is 10. The van der Waals surface area contributed by atoms with Gasteiger partial charge in [0.15, 0.2) is 6.29 Å². The third-order valence-electron chi connectivity index (χ3n) is 14.8. The number of ether oxygens (including phenoxy) is 3. The van der Waals surface area contributed by atoms with Crippen molar-refractivity contribution in [3.8, 4) is 0 Å². The van der Waals surface area contributed by atoms with Crippen LogP contribution in [0.25, 0.3) is 0 Å². The summed E-state index contributed by atoms with van der Waals surface area (Å²) in [6, 6.07) is -0.829. The van der Waals surface area contributed by atoms with Gasteiger partial charge in [-0.15, -0.1) is 0 Å². The van der Waals surface area contributed by atoms with E-state index in [2.05, 4.69) is 67.8 Å². The minimum Gasteiger partial charge on any atom is -0.466 e. The van der Waals surface area contributed by atoms with Gasteiger partial charge in [-0.05, 0) is 103 Å². The molecule has 7 atom stereocenters. The van der Waals surface area contributed by atoms with Gasteiger partial charge in [0.1, 0.15) is 24.4 Å². The Morgan fingerprint density at radius 3 is 1.39 bits per heavy atom. The second-order valence-corrected chi connectivity index (χ2v) is 22.1. The van der Waals surface area contributed by atoms with Crippen molar-refractivity contribution in [2.45, 2.75) is 326 Å². The van der Waals surface area contributed by atoms with Gasteiger partial charge in [0.25, 0.3) is 0 Å². The maximum atomic E-state index is 13.0. The molecule has 7 unspecified atom stereocenters. The Morgan fingerprint density at radius 2 is 0.883 bits per heavy atom. The van der Waals surface area contributed by atoms with Crippen molar-refractivity contribution in [1.82, 2.24) is 5.32 Å². The maximum absolute atomic E-state index is 13.0. The summed E-state index contributed by atoms with van der Waals surface area (Å²) >= 11 is 0. The molecule has 11 heteroatoms. The van der Waals surface area contributed by atoms with Crippen LogP contribution >= 0.6 is 0 Å². The Kier molecular flexibility index (Phi) is 52.0. The average molecular weight is 1090 g/mol.